The van der Waals surface area contributed by atoms with Crippen LogP contribution < -0.4 is 10.6 Å². The molecule has 5 nitrogen and oxygen atoms in total. The van der Waals surface area contributed by atoms with Crippen molar-refractivity contribution in [3.63, 3.8) is 0 Å². The van der Waals surface area contributed by atoms with Crippen LogP contribution in [0.3, 0.4) is 0 Å². The standard InChI is InChI=1S/C16H18N2O3S/c1-3-15(20)18-16(22)17-11-4-6-13(10(2)8-11)14-7-5-12(9-19)21-14/h4-8,19H,3,9H2,1-2H3,(H2,17,18,20,22). The van der Waals surface area contributed by atoms with Crippen LogP contribution in [0.25, 0.3) is 11.3 Å². The Labute approximate surface area is 134 Å². The van der Waals surface area contributed by atoms with Crippen LogP contribution in [0.15, 0.2) is 34.7 Å². The van der Waals surface area contributed by atoms with Gasteiger partial charge >= 0.3 is 0 Å². The Morgan fingerprint density at radius 1 is 1.32 bits per heavy atom. The molecule has 0 aliphatic carbocycles. The molecule has 1 aromatic heterocycles. The van der Waals surface area contributed by atoms with Crippen LogP contribution in [0.2, 0.25) is 0 Å². The summed E-state index contributed by atoms with van der Waals surface area (Å²) in [5, 5.41) is 14.9. The predicted molar refractivity (Wildman–Crippen MR) is 89.5 cm³/mol. The van der Waals surface area contributed by atoms with Gasteiger partial charge in [0.15, 0.2) is 5.11 Å². The molecule has 0 atom stereocenters. The maximum Gasteiger partial charge on any atom is 0.225 e. The Morgan fingerprint density at radius 2 is 2.09 bits per heavy atom. The van der Waals surface area contributed by atoms with Gasteiger partial charge in [-0.3, -0.25) is 4.79 Å². The predicted octanol–water partition coefficient (Wildman–Crippen LogP) is 2.97. The number of anilines is 1. The fourth-order valence-corrected chi connectivity index (χ4v) is 2.23. The maximum absolute atomic E-state index is 11.3. The number of furan rings is 1. The Morgan fingerprint density at radius 3 is 2.68 bits per heavy atom. The number of aliphatic hydroxyl groups is 1. The van der Waals surface area contributed by atoms with Gasteiger partial charge in [-0.15, -0.1) is 0 Å². The van der Waals surface area contributed by atoms with Crippen LogP contribution in [-0.4, -0.2) is 16.1 Å². The van der Waals surface area contributed by atoms with Gasteiger partial charge in [-0.2, -0.15) is 0 Å². The van der Waals surface area contributed by atoms with Crippen molar-refractivity contribution in [3.8, 4) is 11.3 Å². The molecule has 2 rings (SSSR count). The number of aryl methyl sites for hydroxylation is 1. The van der Waals surface area contributed by atoms with Crippen molar-refractivity contribution in [1.29, 1.82) is 0 Å². The number of hydrogen-bond acceptors (Lipinski definition) is 4. The fraction of sp³-hybridized carbons (Fsp3) is 0.250. The second-order valence-corrected chi connectivity index (χ2v) is 5.22. The summed E-state index contributed by atoms with van der Waals surface area (Å²) < 4.78 is 5.53. The first-order chi connectivity index (χ1) is 10.5. The Balaban J connectivity index is 2.12. The smallest absolute Gasteiger partial charge is 0.225 e. The molecule has 116 valence electrons. The molecule has 3 N–H and O–H groups in total. The molecule has 1 amide bonds. The molecule has 22 heavy (non-hydrogen) atoms. The average molecular weight is 318 g/mol. The highest BCUT2D eigenvalue weighted by Gasteiger charge is 2.09. The number of benzene rings is 1. The van der Waals surface area contributed by atoms with E-state index in [1.165, 1.54) is 0 Å². The molecule has 0 saturated heterocycles. The largest absolute Gasteiger partial charge is 0.459 e. The number of aliphatic hydroxyl groups excluding tert-OH is 1. The minimum Gasteiger partial charge on any atom is -0.459 e. The third kappa shape index (κ3) is 3.93. The quantitative estimate of drug-likeness (QED) is 0.756. The molecular weight excluding hydrogens is 300 g/mol. The van der Waals surface area contributed by atoms with E-state index in [0.717, 1.165) is 16.8 Å². The van der Waals surface area contributed by atoms with Crippen LogP contribution >= 0.6 is 12.2 Å². The lowest BCUT2D eigenvalue weighted by molar-refractivity contribution is -0.119. The maximum atomic E-state index is 11.3. The molecule has 0 bridgehead atoms. The molecule has 0 radical (unpaired) electrons. The normalized spacial score (nSPS) is 10.3. The summed E-state index contributed by atoms with van der Waals surface area (Å²) in [6.45, 7) is 3.60. The number of carbonyl (C=O) groups excluding carboxylic acids is 1. The molecule has 0 saturated carbocycles. The molecule has 6 heteroatoms. The summed E-state index contributed by atoms with van der Waals surface area (Å²) >= 11 is 5.08. The highest BCUT2D eigenvalue weighted by Crippen LogP contribution is 2.27. The first kappa shape index (κ1) is 16.2. The van der Waals surface area contributed by atoms with Crippen molar-refractivity contribution >= 4 is 28.9 Å². The summed E-state index contributed by atoms with van der Waals surface area (Å²) in [6, 6.07) is 9.25. The van der Waals surface area contributed by atoms with E-state index in [4.69, 9.17) is 21.7 Å². The van der Waals surface area contributed by atoms with Crippen molar-refractivity contribution in [2.75, 3.05) is 5.32 Å². The summed E-state index contributed by atoms with van der Waals surface area (Å²) in [6.07, 6.45) is 0.380. The van der Waals surface area contributed by atoms with E-state index in [-0.39, 0.29) is 17.6 Å². The van der Waals surface area contributed by atoms with Crippen molar-refractivity contribution in [2.45, 2.75) is 26.9 Å². The van der Waals surface area contributed by atoms with Crippen molar-refractivity contribution in [3.05, 3.63) is 41.7 Å². The topological polar surface area (TPSA) is 74.5 Å². The molecule has 0 fully saturated rings. The lowest BCUT2D eigenvalue weighted by atomic mass is 10.1. The minimum atomic E-state index is -0.127. The second-order valence-electron chi connectivity index (χ2n) is 4.81. The van der Waals surface area contributed by atoms with Gasteiger partial charge in [0.25, 0.3) is 0 Å². The Bertz CT molecular complexity index is 694. The molecule has 1 aromatic carbocycles. The monoisotopic (exact) mass is 318 g/mol. The third-order valence-corrected chi connectivity index (χ3v) is 3.35. The fourth-order valence-electron chi connectivity index (χ4n) is 2.00. The Hall–Kier alpha value is -2.18. The van der Waals surface area contributed by atoms with E-state index in [1.54, 1.807) is 13.0 Å². The summed E-state index contributed by atoms with van der Waals surface area (Å²) in [5.41, 5.74) is 2.72. The number of hydrogen-bond donors (Lipinski definition) is 3. The zero-order chi connectivity index (χ0) is 16.1. The molecule has 0 spiro atoms. The van der Waals surface area contributed by atoms with Gasteiger partial charge in [-0.25, -0.2) is 0 Å². The molecule has 0 unspecified atom stereocenters. The first-order valence-electron chi connectivity index (χ1n) is 6.95. The van der Waals surface area contributed by atoms with E-state index in [1.807, 2.05) is 31.2 Å². The van der Waals surface area contributed by atoms with E-state index < -0.39 is 0 Å². The zero-order valence-electron chi connectivity index (χ0n) is 12.5. The summed E-state index contributed by atoms with van der Waals surface area (Å²) in [4.78, 5) is 11.3. The van der Waals surface area contributed by atoms with Crippen molar-refractivity contribution < 1.29 is 14.3 Å². The Kier molecular flexibility index (Phi) is 5.30. The highest BCUT2D eigenvalue weighted by molar-refractivity contribution is 7.80. The van der Waals surface area contributed by atoms with Gasteiger partial charge in [0.1, 0.15) is 18.1 Å². The number of amides is 1. The number of rotatable bonds is 4. The third-order valence-electron chi connectivity index (χ3n) is 3.14. The lowest BCUT2D eigenvalue weighted by Gasteiger charge is -2.11. The van der Waals surface area contributed by atoms with E-state index in [2.05, 4.69) is 10.6 Å². The molecular formula is C16H18N2O3S. The average Bonchev–Trinajstić information content (AvgIpc) is 2.95. The highest BCUT2D eigenvalue weighted by atomic mass is 32.1. The second kappa shape index (κ2) is 7.20. The van der Waals surface area contributed by atoms with Gasteiger partial charge in [0.05, 0.1) is 0 Å². The summed E-state index contributed by atoms with van der Waals surface area (Å²) in [5.74, 6) is 1.10. The van der Waals surface area contributed by atoms with Crippen LogP contribution in [0.4, 0.5) is 5.69 Å². The van der Waals surface area contributed by atoms with Gasteiger partial charge < -0.3 is 20.2 Å². The van der Waals surface area contributed by atoms with Crippen LogP contribution in [-0.2, 0) is 11.4 Å². The van der Waals surface area contributed by atoms with Crippen LogP contribution in [0.1, 0.15) is 24.7 Å². The zero-order valence-corrected chi connectivity index (χ0v) is 13.3. The minimum absolute atomic E-state index is 0.121. The first-order valence-corrected chi connectivity index (χ1v) is 7.35. The number of carbonyl (C=O) groups is 1. The van der Waals surface area contributed by atoms with Crippen LogP contribution in [0.5, 0.6) is 0 Å². The van der Waals surface area contributed by atoms with Gasteiger partial charge in [-0.05, 0) is 55.0 Å². The molecule has 0 aliphatic rings. The molecule has 2 aromatic rings. The van der Waals surface area contributed by atoms with Crippen molar-refractivity contribution in [1.82, 2.24) is 5.32 Å². The van der Waals surface area contributed by atoms with Gasteiger partial charge in [-0.1, -0.05) is 6.92 Å². The van der Waals surface area contributed by atoms with E-state index in [9.17, 15) is 4.79 Å². The van der Waals surface area contributed by atoms with Gasteiger partial charge in [0.2, 0.25) is 5.91 Å². The molecule has 1 heterocycles. The van der Waals surface area contributed by atoms with Gasteiger partial charge in [0, 0.05) is 17.7 Å². The van der Waals surface area contributed by atoms with E-state index >= 15 is 0 Å². The summed E-state index contributed by atoms with van der Waals surface area (Å²) in [7, 11) is 0. The van der Waals surface area contributed by atoms with Crippen molar-refractivity contribution in [2.24, 2.45) is 0 Å². The van der Waals surface area contributed by atoms with Crippen LogP contribution in [0, 0.1) is 6.92 Å². The molecule has 0 aliphatic heterocycles. The SMILES string of the molecule is CCC(=O)NC(=S)Nc1ccc(-c2ccc(CO)o2)c(C)c1. The van der Waals surface area contributed by atoms with E-state index in [0.29, 0.717) is 17.9 Å². The number of thiocarbonyl (C=S) groups is 1. The number of nitrogens with one attached hydrogen (secondary N) is 2. The lowest BCUT2D eigenvalue weighted by Crippen LogP contribution is -2.33.